The zero-order chi connectivity index (χ0) is 12.6. The summed E-state index contributed by atoms with van der Waals surface area (Å²) in [6, 6.07) is 6.29. The van der Waals surface area contributed by atoms with Gasteiger partial charge in [0.15, 0.2) is 0 Å². The summed E-state index contributed by atoms with van der Waals surface area (Å²) in [6.07, 6.45) is 3.43. The molecule has 0 aromatic heterocycles. The van der Waals surface area contributed by atoms with Gasteiger partial charge in [0.2, 0.25) is 0 Å². The minimum absolute atomic E-state index is 0.0913. The van der Waals surface area contributed by atoms with Gasteiger partial charge in [-0.2, -0.15) is 5.26 Å². The van der Waals surface area contributed by atoms with Crippen LogP contribution in [0.15, 0.2) is 12.1 Å². The number of nitriles is 1. The Hall–Kier alpha value is -1.49. The molecule has 0 heterocycles. The maximum atomic E-state index is 9.36. The van der Waals surface area contributed by atoms with Crippen LogP contribution in [0.2, 0.25) is 0 Å². The van der Waals surface area contributed by atoms with Gasteiger partial charge in [0, 0.05) is 5.69 Å². The van der Waals surface area contributed by atoms with E-state index in [0.717, 1.165) is 12.8 Å². The van der Waals surface area contributed by atoms with Crippen LogP contribution in [0.1, 0.15) is 50.3 Å². The number of fused-ring (bicyclic) bond motifs is 1. The third-order valence-electron chi connectivity index (χ3n) is 4.42. The largest absolute Gasteiger partial charge is 0.398 e. The average molecular weight is 228 g/mol. The van der Waals surface area contributed by atoms with E-state index in [9.17, 15) is 5.26 Å². The summed E-state index contributed by atoms with van der Waals surface area (Å²) in [5.41, 5.74) is 9.90. The topological polar surface area (TPSA) is 49.8 Å². The summed E-state index contributed by atoms with van der Waals surface area (Å²) < 4.78 is 0. The lowest BCUT2D eigenvalue weighted by atomic mass is 9.64. The molecular formula is C15H20N2. The third kappa shape index (κ3) is 1.70. The number of hydrogen-bond acceptors (Lipinski definition) is 2. The van der Waals surface area contributed by atoms with Gasteiger partial charge in [0.1, 0.15) is 6.07 Å². The van der Waals surface area contributed by atoms with Crippen molar-refractivity contribution in [1.82, 2.24) is 0 Å². The van der Waals surface area contributed by atoms with Gasteiger partial charge in [0.25, 0.3) is 0 Å². The first-order valence-corrected chi connectivity index (χ1v) is 6.32. The number of hydrogen-bond donors (Lipinski definition) is 1. The van der Waals surface area contributed by atoms with Crippen molar-refractivity contribution >= 4 is 5.69 Å². The molecule has 0 saturated heterocycles. The highest BCUT2D eigenvalue weighted by Gasteiger charge is 2.37. The van der Waals surface area contributed by atoms with Crippen molar-refractivity contribution < 1.29 is 0 Å². The first kappa shape index (κ1) is 12.0. The van der Waals surface area contributed by atoms with Gasteiger partial charge >= 0.3 is 0 Å². The fourth-order valence-corrected chi connectivity index (χ4v) is 2.99. The quantitative estimate of drug-likeness (QED) is 0.749. The second-order valence-corrected chi connectivity index (χ2v) is 5.60. The Bertz CT molecular complexity index is 482. The molecule has 2 rings (SSSR count). The average Bonchev–Trinajstić information content (AvgIpc) is 2.30. The minimum Gasteiger partial charge on any atom is -0.398 e. The molecule has 2 nitrogen and oxygen atoms in total. The standard InChI is InChI=1S/C15H20N2/c1-10(2)15(3)8-4-5-11-6-7-13(17)12(9-16)14(11)15/h6-7,10H,4-5,8,17H2,1-3H3. The second-order valence-electron chi connectivity index (χ2n) is 5.60. The molecule has 1 aliphatic rings. The van der Waals surface area contributed by atoms with Crippen LogP contribution in [0.5, 0.6) is 0 Å². The lowest BCUT2D eigenvalue weighted by Crippen LogP contribution is -2.34. The van der Waals surface area contributed by atoms with Gasteiger partial charge in [-0.05, 0) is 47.8 Å². The molecule has 0 saturated carbocycles. The van der Waals surface area contributed by atoms with E-state index in [2.05, 4.69) is 32.9 Å². The maximum Gasteiger partial charge on any atom is 0.102 e. The number of nitrogens with zero attached hydrogens (tertiary/aromatic N) is 1. The van der Waals surface area contributed by atoms with E-state index >= 15 is 0 Å². The molecule has 0 amide bonds. The van der Waals surface area contributed by atoms with E-state index < -0.39 is 0 Å². The zero-order valence-electron chi connectivity index (χ0n) is 10.9. The van der Waals surface area contributed by atoms with Crippen LogP contribution in [0.25, 0.3) is 0 Å². The molecule has 2 heteroatoms. The summed E-state index contributed by atoms with van der Waals surface area (Å²) in [6.45, 7) is 6.74. The molecule has 0 spiro atoms. The second kappa shape index (κ2) is 4.07. The van der Waals surface area contributed by atoms with Gasteiger partial charge in [-0.25, -0.2) is 0 Å². The van der Waals surface area contributed by atoms with E-state index in [-0.39, 0.29) is 5.41 Å². The normalized spacial score (nSPS) is 23.2. The highest BCUT2D eigenvalue weighted by atomic mass is 14.6. The van der Waals surface area contributed by atoms with Gasteiger partial charge in [-0.15, -0.1) is 0 Å². The summed E-state index contributed by atoms with van der Waals surface area (Å²) in [4.78, 5) is 0. The van der Waals surface area contributed by atoms with Crippen LogP contribution in [0, 0.1) is 17.2 Å². The molecular weight excluding hydrogens is 208 g/mol. The fourth-order valence-electron chi connectivity index (χ4n) is 2.99. The Morgan fingerprint density at radius 1 is 1.41 bits per heavy atom. The van der Waals surface area contributed by atoms with Crippen molar-refractivity contribution in [3.63, 3.8) is 0 Å². The number of anilines is 1. The van der Waals surface area contributed by atoms with E-state index in [1.807, 2.05) is 6.07 Å². The fraction of sp³-hybridized carbons (Fsp3) is 0.533. The summed E-state index contributed by atoms with van der Waals surface area (Å²) in [5.74, 6) is 0.524. The van der Waals surface area contributed by atoms with Crippen LogP contribution in [-0.2, 0) is 11.8 Å². The lowest BCUT2D eigenvalue weighted by Gasteiger charge is -2.40. The third-order valence-corrected chi connectivity index (χ3v) is 4.42. The van der Waals surface area contributed by atoms with Crippen LogP contribution >= 0.6 is 0 Å². The van der Waals surface area contributed by atoms with Crippen LogP contribution in [-0.4, -0.2) is 0 Å². The van der Waals surface area contributed by atoms with Crippen molar-refractivity contribution in [3.8, 4) is 6.07 Å². The highest BCUT2D eigenvalue weighted by molar-refractivity contribution is 5.63. The van der Waals surface area contributed by atoms with Crippen molar-refractivity contribution in [3.05, 3.63) is 28.8 Å². The first-order chi connectivity index (χ1) is 8.00. The molecule has 1 unspecified atom stereocenters. The van der Waals surface area contributed by atoms with Crippen molar-refractivity contribution in [2.75, 3.05) is 5.73 Å². The number of benzene rings is 1. The van der Waals surface area contributed by atoms with E-state index in [0.29, 0.717) is 17.2 Å². The molecule has 0 bridgehead atoms. The smallest absolute Gasteiger partial charge is 0.102 e. The predicted octanol–water partition coefficient (Wildman–Crippen LogP) is 3.39. The lowest BCUT2D eigenvalue weighted by molar-refractivity contribution is 0.290. The molecule has 1 aromatic carbocycles. The van der Waals surface area contributed by atoms with Crippen LogP contribution in [0.4, 0.5) is 5.69 Å². The number of nitrogen functional groups attached to an aromatic ring is 1. The van der Waals surface area contributed by atoms with Crippen molar-refractivity contribution in [1.29, 1.82) is 5.26 Å². The zero-order valence-corrected chi connectivity index (χ0v) is 10.9. The maximum absolute atomic E-state index is 9.36. The van der Waals surface area contributed by atoms with Gasteiger partial charge < -0.3 is 5.73 Å². The van der Waals surface area contributed by atoms with Crippen molar-refractivity contribution in [2.24, 2.45) is 5.92 Å². The molecule has 0 radical (unpaired) electrons. The molecule has 1 aliphatic carbocycles. The highest BCUT2D eigenvalue weighted by Crippen LogP contribution is 2.45. The first-order valence-electron chi connectivity index (χ1n) is 6.32. The molecule has 0 aliphatic heterocycles. The van der Waals surface area contributed by atoms with Gasteiger partial charge in [-0.3, -0.25) is 0 Å². The van der Waals surface area contributed by atoms with E-state index in [4.69, 9.17) is 5.73 Å². The van der Waals surface area contributed by atoms with Gasteiger partial charge in [-0.1, -0.05) is 26.8 Å². The summed E-state index contributed by atoms with van der Waals surface area (Å²) in [7, 11) is 0. The summed E-state index contributed by atoms with van der Waals surface area (Å²) >= 11 is 0. The Morgan fingerprint density at radius 2 is 2.12 bits per heavy atom. The molecule has 0 fully saturated rings. The molecule has 90 valence electrons. The van der Waals surface area contributed by atoms with Crippen molar-refractivity contribution in [2.45, 2.75) is 45.4 Å². The summed E-state index contributed by atoms with van der Waals surface area (Å²) in [5, 5.41) is 9.36. The SMILES string of the molecule is CC(C)C1(C)CCCc2ccc(N)c(C#N)c21. The molecule has 1 atom stereocenters. The predicted molar refractivity (Wildman–Crippen MR) is 70.7 cm³/mol. The number of nitrogens with two attached hydrogens (primary N) is 1. The molecule has 1 aromatic rings. The van der Waals surface area contributed by atoms with Crippen LogP contribution in [0.3, 0.4) is 0 Å². The minimum atomic E-state index is 0.0913. The Morgan fingerprint density at radius 3 is 2.71 bits per heavy atom. The van der Waals surface area contributed by atoms with Gasteiger partial charge in [0.05, 0.1) is 5.56 Å². The Balaban J connectivity index is 2.72. The Kier molecular flexibility index (Phi) is 2.87. The number of rotatable bonds is 1. The molecule has 2 N–H and O–H groups in total. The Labute approximate surface area is 103 Å². The van der Waals surface area contributed by atoms with E-state index in [1.54, 1.807) is 0 Å². The monoisotopic (exact) mass is 228 g/mol. The molecule has 17 heavy (non-hydrogen) atoms. The number of aryl methyl sites for hydroxylation is 1. The van der Waals surface area contributed by atoms with Crippen LogP contribution < -0.4 is 5.73 Å². The van der Waals surface area contributed by atoms with E-state index in [1.165, 1.54) is 17.5 Å².